The Hall–Kier alpha value is -2.14. The summed E-state index contributed by atoms with van der Waals surface area (Å²) in [6.07, 6.45) is 2.21. The smallest absolute Gasteiger partial charge is 0.316 e. The summed E-state index contributed by atoms with van der Waals surface area (Å²) in [5, 5.41) is 10.3. The third-order valence-corrected chi connectivity index (χ3v) is 3.40. The van der Waals surface area contributed by atoms with Crippen LogP contribution in [0.3, 0.4) is 0 Å². The van der Waals surface area contributed by atoms with E-state index in [1.165, 1.54) is 28.6 Å². The number of rotatable bonds is 3. The van der Waals surface area contributed by atoms with Crippen molar-refractivity contribution in [2.75, 3.05) is 0 Å². The van der Waals surface area contributed by atoms with Crippen LogP contribution in [0.15, 0.2) is 40.2 Å². The maximum Gasteiger partial charge on any atom is 0.316 e. The summed E-state index contributed by atoms with van der Waals surface area (Å²) < 4.78 is 2.47. The minimum absolute atomic E-state index is 0.0687. The number of hydrogen-bond donors (Lipinski definition) is 1. The van der Waals surface area contributed by atoms with Gasteiger partial charge in [0.05, 0.1) is 12.6 Å². The van der Waals surface area contributed by atoms with Gasteiger partial charge in [-0.25, -0.2) is 0 Å². The predicted molar refractivity (Wildman–Crippen MR) is 76.8 cm³/mol. The van der Waals surface area contributed by atoms with Crippen LogP contribution < -0.4 is 11.1 Å². The molecule has 0 spiro atoms. The number of aromatic nitrogens is 2. The van der Waals surface area contributed by atoms with Crippen LogP contribution >= 0.6 is 0 Å². The number of aryl methyl sites for hydroxylation is 3. The molecule has 0 bridgehead atoms. The predicted octanol–water partition coefficient (Wildman–Crippen LogP) is 0.897. The molecule has 106 valence electrons. The Bertz CT molecular complexity index is 744. The lowest BCUT2D eigenvalue weighted by atomic mass is 10.0. The molecule has 1 aromatic carbocycles. The molecule has 0 fully saturated rings. The molecule has 5 nitrogen and oxygen atoms in total. The molecule has 1 atom stereocenters. The Morgan fingerprint density at radius 2 is 1.85 bits per heavy atom. The summed E-state index contributed by atoms with van der Waals surface area (Å²) in [5.74, 6) is 0. The Labute approximate surface area is 116 Å². The van der Waals surface area contributed by atoms with Crippen molar-refractivity contribution in [3.63, 3.8) is 0 Å². The van der Waals surface area contributed by atoms with Crippen LogP contribution in [0.2, 0.25) is 0 Å². The highest BCUT2D eigenvalue weighted by Gasteiger charge is 2.13. The van der Waals surface area contributed by atoms with Crippen molar-refractivity contribution in [2.24, 2.45) is 7.05 Å². The van der Waals surface area contributed by atoms with E-state index in [1.807, 2.05) is 32.0 Å². The molecule has 1 N–H and O–H groups in total. The van der Waals surface area contributed by atoms with Crippen LogP contribution in [0.4, 0.5) is 0 Å². The van der Waals surface area contributed by atoms with Crippen molar-refractivity contribution in [2.45, 2.75) is 26.5 Å². The fraction of sp³-hybridized carbons (Fsp3) is 0.333. The van der Waals surface area contributed by atoms with Crippen LogP contribution in [0.25, 0.3) is 0 Å². The Morgan fingerprint density at radius 1 is 1.15 bits per heavy atom. The van der Waals surface area contributed by atoms with Crippen LogP contribution in [-0.4, -0.2) is 14.2 Å². The van der Waals surface area contributed by atoms with Crippen LogP contribution in [0, 0.1) is 13.8 Å². The number of benzene rings is 1. The van der Waals surface area contributed by atoms with E-state index in [0.29, 0.717) is 0 Å². The van der Waals surface area contributed by atoms with Gasteiger partial charge in [0, 0.05) is 19.4 Å². The molecule has 5 heteroatoms. The van der Waals surface area contributed by atoms with Gasteiger partial charge >= 0.3 is 11.1 Å². The van der Waals surface area contributed by atoms with Crippen molar-refractivity contribution in [3.8, 4) is 0 Å². The third kappa shape index (κ3) is 2.72. The normalized spacial score (nSPS) is 12.4. The van der Waals surface area contributed by atoms with Crippen LogP contribution in [-0.2, 0) is 13.6 Å². The van der Waals surface area contributed by atoms with Gasteiger partial charge in [-0.05, 0) is 25.0 Å². The van der Waals surface area contributed by atoms with Gasteiger partial charge < -0.3 is 14.2 Å². The first-order valence-corrected chi connectivity index (χ1v) is 6.41. The number of nitrogens with zero attached hydrogens (tertiary/aromatic N) is 2. The first-order chi connectivity index (χ1) is 9.40. The highest BCUT2D eigenvalue weighted by molar-refractivity contribution is 5.32. The van der Waals surface area contributed by atoms with Gasteiger partial charge in [0.2, 0.25) is 0 Å². The topological polar surface area (TPSA) is 64.2 Å². The Kier molecular flexibility index (Phi) is 3.90. The van der Waals surface area contributed by atoms with Crippen molar-refractivity contribution < 1.29 is 5.11 Å². The molecule has 1 unspecified atom stereocenters. The summed E-state index contributed by atoms with van der Waals surface area (Å²) in [5.41, 5.74) is 1.55. The van der Waals surface area contributed by atoms with E-state index in [-0.39, 0.29) is 6.54 Å². The zero-order valence-corrected chi connectivity index (χ0v) is 11.8. The standard InChI is InChI=1S/C15H18N2O3/c1-10-4-5-11(2)12(8-10)13(18)9-17-7-6-16(3)14(19)15(17)20/h4-8,13,18H,9H2,1-3H3. The van der Waals surface area contributed by atoms with Gasteiger partial charge in [-0.1, -0.05) is 23.8 Å². The summed E-state index contributed by atoms with van der Waals surface area (Å²) in [6, 6.07) is 5.79. The molecular formula is C15H18N2O3. The highest BCUT2D eigenvalue weighted by Crippen LogP contribution is 2.20. The van der Waals surface area contributed by atoms with Crippen molar-refractivity contribution >= 4 is 0 Å². The van der Waals surface area contributed by atoms with E-state index >= 15 is 0 Å². The summed E-state index contributed by atoms with van der Waals surface area (Å²) in [7, 11) is 1.52. The second kappa shape index (κ2) is 5.46. The van der Waals surface area contributed by atoms with Gasteiger partial charge in [0.25, 0.3) is 0 Å². The quantitative estimate of drug-likeness (QED) is 0.846. The molecule has 0 aliphatic carbocycles. The minimum atomic E-state index is -0.820. The summed E-state index contributed by atoms with van der Waals surface area (Å²) in [6.45, 7) is 3.92. The molecule has 2 aromatic rings. The van der Waals surface area contributed by atoms with E-state index < -0.39 is 17.2 Å². The van der Waals surface area contributed by atoms with E-state index in [4.69, 9.17) is 0 Å². The average molecular weight is 274 g/mol. The van der Waals surface area contributed by atoms with Gasteiger partial charge in [0.1, 0.15) is 0 Å². The highest BCUT2D eigenvalue weighted by atomic mass is 16.3. The first kappa shape index (κ1) is 14.3. The molecule has 0 saturated heterocycles. The molecule has 0 aliphatic heterocycles. The molecular weight excluding hydrogens is 256 g/mol. The second-order valence-corrected chi connectivity index (χ2v) is 5.05. The van der Waals surface area contributed by atoms with Gasteiger partial charge in [-0.3, -0.25) is 9.59 Å². The maximum absolute atomic E-state index is 11.8. The van der Waals surface area contributed by atoms with Gasteiger partial charge in [-0.2, -0.15) is 0 Å². The van der Waals surface area contributed by atoms with Gasteiger partial charge in [0.15, 0.2) is 0 Å². The van der Waals surface area contributed by atoms with E-state index in [1.54, 1.807) is 0 Å². The largest absolute Gasteiger partial charge is 0.387 e. The van der Waals surface area contributed by atoms with Crippen LogP contribution in [0.5, 0.6) is 0 Å². The first-order valence-electron chi connectivity index (χ1n) is 6.41. The van der Waals surface area contributed by atoms with E-state index in [2.05, 4.69) is 0 Å². The number of aliphatic hydroxyl groups is 1. The zero-order valence-electron chi connectivity index (χ0n) is 11.8. The third-order valence-electron chi connectivity index (χ3n) is 3.40. The van der Waals surface area contributed by atoms with Crippen molar-refractivity contribution in [1.82, 2.24) is 9.13 Å². The summed E-state index contributed by atoms with van der Waals surface area (Å²) >= 11 is 0. The maximum atomic E-state index is 11.8. The molecule has 2 rings (SSSR count). The van der Waals surface area contributed by atoms with Crippen molar-refractivity contribution in [1.29, 1.82) is 0 Å². The minimum Gasteiger partial charge on any atom is -0.387 e. The lowest BCUT2D eigenvalue weighted by Crippen LogP contribution is -2.40. The number of hydrogen-bond acceptors (Lipinski definition) is 3. The van der Waals surface area contributed by atoms with Crippen LogP contribution in [0.1, 0.15) is 22.8 Å². The lowest BCUT2D eigenvalue weighted by Gasteiger charge is -2.16. The number of aliphatic hydroxyl groups excluding tert-OH is 1. The molecule has 1 heterocycles. The fourth-order valence-electron chi connectivity index (χ4n) is 2.14. The second-order valence-electron chi connectivity index (χ2n) is 5.05. The van der Waals surface area contributed by atoms with E-state index in [9.17, 15) is 14.7 Å². The molecule has 0 radical (unpaired) electrons. The lowest BCUT2D eigenvalue weighted by molar-refractivity contribution is 0.154. The Morgan fingerprint density at radius 3 is 2.55 bits per heavy atom. The molecule has 0 aliphatic rings. The van der Waals surface area contributed by atoms with Crippen molar-refractivity contribution in [3.05, 3.63) is 68.0 Å². The van der Waals surface area contributed by atoms with Gasteiger partial charge in [-0.15, -0.1) is 0 Å². The summed E-state index contributed by atoms with van der Waals surface area (Å²) in [4.78, 5) is 23.4. The average Bonchev–Trinajstić information content (AvgIpc) is 2.42. The van der Waals surface area contributed by atoms with E-state index in [0.717, 1.165) is 16.7 Å². The molecule has 20 heavy (non-hydrogen) atoms. The molecule has 0 saturated carbocycles. The molecule has 0 amide bonds. The zero-order chi connectivity index (χ0) is 14.9. The Balaban J connectivity index is 2.35. The SMILES string of the molecule is Cc1ccc(C)c(C(O)Cn2ccn(C)c(=O)c2=O)c1. The monoisotopic (exact) mass is 274 g/mol. The molecule has 1 aromatic heterocycles. The fourth-order valence-corrected chi connectivity index (χ4v) is 2.14.